The Morgan fingerprint density at radius 2 is 1.35 bits per heavy atom. The third kappa shape index (κ3) is 5.10. The molecule has 132 valence electrons. The molecule has 0 saturated heterocycles. The van der Waals surface area contributed by atoms with Gasteiger partial charge in [0.1, 0.15) is 24.7 Å². The van der Waals surface area contributed by atoms with Crippen molar-refractivity contribution >= 4 is 27.5 Å². The Morgan fingerprint density at radius 1 is 0.769 bits per heavy atom. The van der Waals surface area contributed by atoms with E-state index in [9.17, 15) is 4.79 Å². The van der Waals surface area contributed by atoms with Crippen molar-refractivity contribution in [3.05, 3.63) is 88.9 Å². The van der Waals surface area contributed by atoms with Gasteiger partial charge in [0.25, 0.3) is 5.91 Å². The maximum absolute atomic E-state index is 12.3. The van der Waals surface area contributed by atoms with E-state index in [0.29, 0.717) is 24.5 Å². The molecule has 26 heavy (non-hydrogen) atoms. The number of rotatable bonds is 7. The Labute approximate surface area is 160 Å². The summed E-state index contributed by atoms with van der Waals surface area (Å²) in [6.45, 7) is 0.905. The summed E-state index contributed by atoms with van der Waals surface area (Å²) in [7, 11) is 0. The minimum Gasteiger partial charge on any atom is -0.490 e. The van der Waals surface area contributed by atoms with Crippen LogP contribution in [0.5, 0.6) is 11.5 Å². The van der Waals surface area contributed by atoms with Crippen LogP contribution in [0.1, 0.15) is 10.4 Å². The lowest BCUT2D eigenvalue weighted by Gasteiger charge is -2.10. The van der Waals surface area contributed by atoms with Crippen molar-refractivity contribution in [2.24, 2.45) is 0 Å². The molecule has 1 amide bonds. The molecule has 0 aromatic heterocycles. The van der Waals surface area contributed by atoms with Gasteiger partial charge in [-0.05, 0) is 64.5 Å². The lowest BCUT2D eigenvalue weighted by atomic mass is 10.2. The number of anilines is 1. The molecular weight excluding hydrogens is 394 g/mol. The number of halogens is 1. The Morgan fingerprint density at radius 3 is 2.00 bits per heavy atom. The third-order valence-electron chi connectivity index (χ3n) is 3.59. The number of hydrogen-bond donors (Lipinski definition) is 1. The largest absolute Gasteiger partial charge is 0.490 e. The summed E-state index contributed by atoms with van der Waals surface area (Å²) in [4.78, 5) is 12.3. The number of para-hydroxylation sites is 1. The van der Waals surface area contributed by atoms with E-state index in [-0.39, 0.29) is 5.91 Å². The van der Waals surface area contributed by atoms with Crippen LogP contribution < -0.4 is 14.8 Å². The van der Waals surface area contributed by atoms with Crippen LogP contribution in [0.25, 0.3) is 0 Å². The molecule has 0 aliphatic rings. The average Bonchev–Trinajstić information content (AvgIpc) is 2.67. The maximum atomic E-state index is 12.3. The molecule has 0 aliphatic carbocycles. The lowest BCUT2D eigenvalue weighted by molar-refractivity contribution is 0.102. The number of hydrogen-bond acceptors (Lipinski definition) is 3. The first kappa shape index (κ1) is 18.0. The number of benzene rings is 3. The fourth-order valence-electron chi connectivity index (χ4n) is 2.31. The van der Waals surface area contributed by atoms with Gasteiger partial charge < -0.3 is 14.8 Å². The van der Waals surface area contributed by atoms with Gasteiger partial charge in [-0.15, -0.1) is 0 Å². The second-order valence-electron chi connectivity index (χ2n) is 5.47. The summed E-state index contributed by atoms with van der Waals surface area (Å²) in [5, 5.41) is 2.87. The van der Waals surface area contributed by atoms with Gasteiger partial charge in [-0.1, -0.05) is 30.3 Å². The summed E-state index contributed by atoms with van der Waals surface area (Å²) < 4.78 is 12.0. The number of carbonyl (C=O) groups is 1. The van der Waals surface area contributed by atoms with Crippen LogP contribution in [0, 0.1) is 0 Å². The molecule has 4 nitrogen and oxygen atoms in total. The number of nitrogens with one attached hydrogen (secondary N) is 1. The Kier molecular flexibility index (Phi) is 6.28. The standard InChI is InChI=1S/C21H18BrNO3/c22-20-9-5-4-8-19(20)21(24)23-16-10-12-18(13-11-16)26-15-14-25-17-6-2-1-3-7-17/h1-13H,14-15H2,(H,23,24). The van der Waals surface area contributed by atoms with Crippen LogP contribution >= 0.6 is 15.9 Å². The van der Waals surface area contributed by atoms with Crippen molar-refractivity contribution in [2.75, 3.05) is 18.5 Å². The van der Waals surface area contributed by atoms with E-state index < -0.39 is 0 Å². The second-order valence-corrected chi connectivity index (χ2v) is 6.32. The highest BCUT2D eigenvalue weighted by molar-refractivity contribution is 9.10. The first-order valence-corrected chi connectivity index (χ1v) is 8.98. The zero-order valence-electron chi connectivity index (χ0n) is 14.0. The predicted octanol–water partition coefficient (Wildman–Crippen LogP) is 5.16. The Balaban J connectivity index is 1.47. The van der Waals surface area contributed by atoms with Crippen molar-refractivity contribution in [3.8, 4) is 11.5 Å². The maximum Gasteiger partial charge on any atom is 0.256 e. The summed E-state index contributed by atoms with van der Waals surface area (Å²) in [6, 6.07) is 24.2. The summed E-state index contributed by atoms with van der Waals surface area (Å²) in [6.07, 6.45) is 0. The van der Waals surface area contributed by atoms with Gasteiger partial charge in [0.15, 0.2) is 0 Å². The van der Waals surface area contributed by atoms with Gasteiger partial charge in [-0.2, -0.15) is 0 Å². The number of amides is 1. The molecule has 3 aromatic carbocycles. The van der Waals surface area contributed by atoms with Crippen molar-refractivity contribution in [3.63, 3.8) is 0 Å². The highest BCUT2D eigenvalue weighted by atomic mass is 79.9. The van der Waals surface area contributed by atoms with Crippen molar-refractivity contribution in [1.29, 1.82) is 0 Å². The van der Waals surface area contributed by atoms with Crippen molar-refractivity contribution < 1.29 is 14.3 Å². The van der Waals surface area contributed by atoms with Crippen molar-refractivity contribution in [1.82, 2.24) is 0 Å². The summed E-state index contributed by atoms with van der Waals surface area (Å²) in [5.74, 6) is 1.38. The van der Waals surface area contributed by atoms with Crippen LogP contribution in [-0.2, 0) is 0 Å². The minimum absolute atomic E-state index is 0.164. The normalized spacial score (nSPS) is 10.2. The quantitative estimate of drug-likeness (QED) is 0.546. The van der Waals surface area contributed by atoms with E-state index in [0.717, 1.165) is 16.0 Å². The molecule has 0 atom stereocenters. The van der Waals surface area contributed by atoms with Gasteiger partial charge in [-0.3, -0.25) is 4.79 Å². The van der Waals surface area contributed by atoms with Gasteiger partial charge >= 0.3 is 0 Å². The highest BCUT2D eigenvalue weighted by Gasteiger charge is 2.09. The van der Waals surface area contributed by atoms with Crippen LogP contribution in [0.15, 0.2) is 83.3 Å². The molecule has 0 unspecified atom stereocenters. The lowest BCUT2D eigenvalue weighted by Crippen LogP contribution is -2.12. The minimum atomic E-state index is -0.164. The molecule has 0 spiro atoms. The molecule has 3 aromatic rings. The molecule has 5 heteroatoms. The average molecular weight is 412 g/mol. The molecule has 0 saturated carbocycles. The van der Waals surface area contributed by atoms with E-state index in [2.05, 4.69) is 21.2 Å². The molecule has 0 bridgehead atoms. The van der Waals surface area contributed by atoms with Crippen molar-refractivity contribution in [2.45, 2.75) is 0 Å². The Bertz CT molecular complexity index is 851. The predicted molar refractivity (Wildman–Crippen MR) is 106 cm³/mol. The van der Waals surface area contributed by atoms with Crippen LogP contribution in [0.3, 0.4) is 0 Å². The summed E-state index contributed by atoms with van der Waals surface area (Å²) >= 11 is 3.38. The van der Waals surface area contributed by atoms with Gasteiger partial charge in [0.05, 0.1) is 5.56 Å². The molecule has 0 radical (unpaired) electrons. The molecule has 0 fully saturated rings. The first-order chi connectivity index (χ1) is 12.7. The fraction of sp³-hybridized carbons (Fsp3) is 0.0952. The first-order valence-electron chi connectivity index (χ1n) is 8.19. The zero-order valence-corrected chi connectivity index (χ0v) is 15.6. The van der Waals surface area contributed by atoms with Crippen LogP contribution in [0.2, 0.25) is 0 Å². The van der Waals surface area contributed by atoms with E-state index in [1.807, 2.05) is 72.8 Å². The third-order valence-corrected chi connectivity index (χ3v) is 4.29. The van der Waals surface area contributed by atoms with Gasteiger partial charge in [0.2, 0.25) is 0 Å². The van der Waals surface area contributed by atoms with Crippen LogP contribution in [-0.4, -0.2) is 19.1 Å². The Hall–Kier alpha value is -2.79. The zero-order chi connectivity index (χ0) is 18.2. The second kappa shape index (κ2) is 9.06. The van der Waals surface area contributed by atoms with Gasteiger partial charge in [0, 0.05) is 10.2 Å². The monoisotopic (exact) mass is 411 g/mol. The van der Waals surface area contributed by atoms with Crippen LogP contribution in [0.4, 0.5) is 5.69 Å². The van der Waals surface area contributed by atoms with E-state index in [4.69, 9.17) is 9.47 Å². The SMILES string of the molecule is O=C(Nc1ccc(OCCOc2ccccc2)cc1)c1ccccc1Br. The highest BCUT2D eigenvalue weighted by Crippen LogP contribution is 2.20. The van der Waals surface area contributed by atoms with E-state index in [1.165, 1.54) is 0 Å². The molecule has 3 rings (SSSR count). The molecule has 0 aliphatic heterocycles. The topological polar surface area (TPSA) is 47.6 Å². The summed E-state index contributed by atoms with van der Waals surface area (Å²) in [5.41, 5.74) is 1.30. The smallest absolute Gasteiger partial charge is 0.256 e. The molecular formula is C21H18BrNO3. The van der Waals surface area contributed by atoms with E-state index >= 15 is 0 Å². The number of carbonyl (C=O) groups excluding carboxylic acids is 1. The molecule has 1 N–H and O–H groups in total. The van der Waals surface area contributed by atoms with Gasteiger partial charge in [-0.25, -0.2) is 0 Å². The number of ether oxygens (including phenoxy) is 2. The van der Waals surface area contributed by atoms with E-state index in [1.54, 1.807) is 6.07 Å². The molecule has 0 heterocycles. The fourth-order valence-corrected chi connectivity index (χ4v) is 2.78.